The fourth-order valence-electron chi connectivity index (χ4n) is 2.57. The molecule has 0 saturated carbocycles. The first-order valence-electron chi connectivity index (χ1n) is 7.41. The molecule has 5 nitrogen and oxygen atoms in total. The Morgan fingerprint density at radius 3 is 2.75 bits per heavy atom. The maximum atomic E-state index is 11.2. The van der Waals surface area contributed by atoms with Gasteiger partial charge in [0.1, 0.15) is 0 Å². The number of aromatic amines is 1. The monoisotopic (exact) mass is 383 g/mol. The lowest BCUT2D eigenvalue weighted by molar-refractivity contribution is 0.0991. The van der Waals surface area contributed by atoms with Gasteiger partial charge in [0.25, 0.3) is 5.91 Å². The fraction of sp³-hybridized carbons (Fsp3) is 0.111. The van der Waals surface area contributed by atoms with Crippen molar-refractivity contribution in [2.24, 2.45) is 0 Å². The fourth-order valence-corrected chi connectivity index (χ4v) is 3.00. The molecule has 3 rings (SSSR count). The first-order valence-corrected chi connectivity index (χ1v) is 8.53. The maximum Gasteiger partial charge on any atom is 0.269 e. The molecule has 2 aromatic carbocycles. The number of nitrogens with zero attached hydrogens (tertiary/aromatic N) is 1. The van der Waals surface area contributed by atoms with Crippen molar-refractivity contribution in [3.63, 3.8) is 0 Å². The van der Waals surface area contributed by atoms with Crippen LogP contribution in [0.2, 0.25) is 0 Å². The number of aromatic nitrogens is 2. The van der Waals surface area contributed by atoms with Crippen LogP contribution in [0.1, 0.15) is 21.5 Å². The average Bonchev–Trinajstić information content (AvgIpc) is 3.03. The molecule has 1 aromatic heterocycles. The lowest BCUT2D eigenvalue weighted by atomic mass is 10.1. The SMILES string of the molecule is Cc1cc(Nc2cccc(-c3n[nH]cc3CBr)c2)ccc1C([NH])=O. The van der Waals surface area contributed by atoms with E-state index in [0.717, 1.165) is 39.1 Å². The van der Waals surface area contributed by atoms with Gasteiger partial charge in [-0.3, -0.25) is 15.6 Å². The number of aryl methyl sites for hydroxylation is 1. The zero-order chi connectivity index (χ0) is 17.1. The van der Waals surface area contributed by atoms with Crippen molar-refractivity contribution in [3.8, 4) is 11.3 Å². The lowest BCUT2D eigenvalue weighted by Crippen LogP contribution is -2.02. The summed E-state index contributed by atoms with van der Waals surface area (Å²) in [4.78, 5) is 11.2. The van der Waals surface area contributed by atoms with E-state index in [1.165, 1.54) is 0 Å². The van der Waals surface area contributed by atoms with E-state index in [-0.39, 0.29) is 0 Å². The van der Waals surface area contributed by atoms with Crippen LogP contribution in [0.25, 0.3) is 11.3 Å². The van der Waals surface area contributed by atoms with Gasteiger partial charge in [0.2, 0.25) is 0 Å². The Bertz CT molecular complexity index is 888. The van der Waals surface area contributed by atoms with Gasteiger partial charge in [-0.25, -0.2) is 0 Å². The minimum atomic E-state index is -0.665. The molecule has 1 amide bonds. The second kappa shape index (κ2) is 6.88. The smallest absolute Gasteiger partial charge is 0.269 e. The first kappa shape index (κ1) is 16.3. The van der Waals surface area contributed by atoms with E-state index in [2.05, 4.69) is 31.4 Å². The third-order valence-corrected chi connectivity index (χ3v) is 4.36. The van der Waals surface area contributed by atoms with Gasteiger partial charge < -0.3 is 5.32 Å². The number of halogens is 1. The van der Waals surface area contributed by atoms with E-state index < -0.39 is 5.91 Å². The number of anilines is 2. The number of nitrogens with one attached hydrogen (secondary N) is 3. The maximum absolute atomic E-state index is 11.2. The highest BCUT2D eigenvalue weighted by atomic mass is 79.9. The summed E-state index contributed by atoms with van der Waals surface area (Å²) in [7, 11) is 0. The van der Waals surface area contributed by atoms with Crippen LogP contribution in [-0.4, -0.2) is 16.1 Å². The summed E-state index contributed by atoms with van der Waals surface area (Å²) in [5, 5.41) is 11.3. The third-order valence-electron chi connectivity index (χ3n) is 3.76. The predicted molar refractivity (Wildman–Crippen MR) is 98.5 cm³/mol. The molecule has 0 bridgehead atoms. The number of hydrogen-bond acceptors (Lipinski definition) is 3. The van der Waals surface area contributed by atoms with Crippen molar-refractivity contribution < 1.29 is 4.79 Å². The van der Waals surface area contributed by atoms with E-state index >= 15 is 0 Å². The summed E-state index contributed by atoms with van der Waals surface area (Å²) >= 11 is 3.46. The van der Waals surface area contributed by atoms with E-state index in [0.29, 0.717) is 5.56 Å². The standard InChI is InChI=1S/C18H16BrN4O/c1-11-7-15(5-6-16(11)18(20)24)22-14-4-2-3-12(8-14)17-13(9-19)10-21-23-17/h2-8,10,20,22H,9H2,1H3,(H,21,23). The molecular weight excluding hydrogens is 368 g/mol. The number of H-pyrrole nitrogens is 1. The van der Waals surface area contributed by atoms with Crippen molar-refractivity contribution in [2.45, 2.75) is 12.3 Å². The van der Waals surface area contributed by atoms with E-state index in [9.17, 15) is 4.79 Å². The largest absolute Gasteiger partial charge is 0.356 e. The zero-order valence-electron chi connectivity index (χ0n) is 13.1. The highest BCUT2D eigenvalue weighted by Gasteiger charge is 2.09. The van der Waals surface area contributed by atoms with Gasteiger partial charge >= 0.3 is 0 Å². The van der Waals surface area contributed by atoms with Crippen LogP contribution < -0.4 is 11.1 Å². The Kier molecular flexibility index (Phi) is 4.66. The molecule has 0 fully saturated rings. The van der Waals surface area contributed by atoms with Crippen molar-refractivity contribution in [3.05, 3.63) is 65.4 Å². The molecule has 0 saturated heterocycles. The van der Waals surface area contributed by atoms with Crippen LogP contribution in [0.4, 0.5) is 11.4 Å². The molecule has 0 aliphatic rings. The number of carbonyl (C=O) groups excluding carboxylic acids is 1. The average molecular weight is 384 g/mol. The Labute approximate surface area is 148 Å². The van der Waals surface area contributed by atoms with Gasteiger partial charge in [0.05, 0.1) is 5.69 Å². The van der Waals surface area contributed by atoms with Crippen LogP contribution in [0.15, 0.2) is 48.7 Å². The van der Waals surface area contributed by atoms with Gasteiger partial charge in [-0.2, -0.15) is 5.10 Å². The number of alkyl halides is 1. The Morgan fingerprint density at radius 2 is 2.04 bits per heavy atom. The molecule has 0 unspecified atom stereocenters. The highest BCUT2D eigenvalue weighted by Crippen LogP contribution is 2.27. The second-order valence-electron chi connectivity index (χ2n) is 5.46. The topological polar surface area (TPSA) is 81.6 Å². The Morgan fingerprint density at radius 1 is 1.25 bits per heavy atom. The number of rotatable bonds is 5. The highest BCUT2D eigenvalue weighted by molar-refractivity contribution is 9.08. The molecular formula is C18H16BrN4O. The molecule has 0 aliphatic heterocycles. The van der Waals surface area contributed by atoms with Crippen LogP contribution in [0.3, 0.4) is 0 Å². The summed E-state index contributed by atoms with van der Waals surface area (Å²) in [6, 6.07) is 13.3. The van der Waals surface area contributed by atoms with Gasteiger partial charge in [0.15, 0.2) is 0 Å². The minimum Gasteiger partial charge on any atom is -0.356 e. The van der Waals surface area contributed by atoms with Crippen molar-refractivity contribution in [1.82, 2.24) is 15.9 Å². The van der Waals surface area contributed by atoms with Gasteiger partial charge in [0, 0.05) is 39.6 Å². The zero-order valence-corrected chi connectivity index (χ0v) is 14.6. The van der Waals surface area contributed by atoms with Crippen molar-refractivity contribution >= 4 is 33.2 Å². The summed E-state index contributed by atoms with van der Waals surface area (Å²) in [6.07, 6.45) is 1.88. The number of carbonyl (C=O) groups is 1. The number of amides is 1. The molecule has 121 valence electrons. The molecule has 6 heteroatoms. The number of benzene rings is 2. The molecule has 0 atom stereocenters. The third kappa shape index (κ3) is 3.33. The molecule has 1 radical (unpaired) electrons. The molecule has 3 aromatic rings. The van der Waals surface area contributed by atoms with Gasteiger partial charge in [-0.05, 0) is 42.8 Å². The first-order chi connectivity index (χ1) is 11.6. The molecule has 1 heterocycles. The molecule has 3 N–H and O–H groups in total. The van der Waals surface area contributed by atoms with E-state index in [1.54, 1.807) is 12.1 Å². The predicted octanol–water partition coefficient (Wildman–Crippen LogP) is 4.45. The van der Waals surface area contributed by atoms with Crippen LogP contribution in [-0.2, 0) is 5.33 Å². The Hall–Kier alpha value is -2.60. The quantitative estimate of drug-likeness (QED) is 0.638. The molecule has 0 spiro atoms. The molecule has 0 aliphatic carbocycles. The van der Waals surface area contributed by atoms with E-state index in [1.807, 2.05) is 43.5 Å². The second-order valence-corrected chi connectivity index (χ2v) is 6.02. The van der Waals surface area contributed by atoms with Crippen molar-refractivity contribution in [2.75, 3.05) is 5.32 Å². The lowest BCUT2D eigenvalue weighted by Gasteiger charge is -2.10. The summed E-state index contributed by atoms with van der Waals surface area (Å²) in [6.45, 7) is 1.83. The van der Waals surface area contributed by atoms with Crippen molar-refractivity contribution in [1.29, 1.82) is 0 Å². The van der Waals surface area contributed by atoms with E-state index in [4.69, 9.17) is 5.73 Å². The van der Waals surface area contributed by atoms with Crippen LogP contribution in [0.5, 0.6) is 0 Å². The summed E-state index contributed by atoms with van der Waals surface area (Å²) in [5.74, 6) is -0.665. The summed E-state index contributed by atoms with van der Waals surface area (Å²) < 4.78 is 0. The van der Waals surface area contributed by atoms with Crippen LogP contribution in [0, 0.1) is 6.92 Å². The summed E-state index contributed by atoms with van der Waals surface area (Å²) in [5.41, 5.74) is 13.3. The Balaban J connectivity index is 1.88. The van der Waals surface area contributed by atoms with Gasteiger partial charge in [-0.15, -0.1) is 0 Å². The minimum absolute atomic E-state index is 0.424. The van der Waals surface area contributed by atoms with Crippen LogP contribution >= 0.6 is 15.9 Å². The van der Waals surface area contributed by atoms with Gasteiger partial charge in [-0.1, -0.05) is 28.1 Å². The normalized spacial score (nSPS) is 10.6. The number of hydrogen-bond donors (Lipinski definition) is 2. The molecule has 24 heavy (non-hydrogen) atoms.